The third kappa shape index (κ3) is 4.19. The second-order valence-corrected chi connectivity index (χ2v) is 5.49. The average molecular weight is 347 g/mol. The number of nitrogens with one attached hydrogen (secondary N) is 1. The first-order valence-corrected chi connectivity index (χ1v) is 6.72. The van der Waals surface area contributed by atoms with E-state index < -0.39 is 23.7 Å². The number of nitrogens with zero attached hydrogens (tertiary/aromatic N) is 1. The van der Waals surface area contributed by atoms with E-state index in [4.69, 9.17) is 5.11 Å². The zero-order valence-electron chi connectivity index (χ0n) is 11.4. The van der Waals surface area contributed by atoms with Crippen molar-refractivity contribution in [2.45, 2.75) is 13.8 Å². The summed E-state index contributed by atoms with van der Waals surface area (Å²) in [5, 5.41) is 11.2. The Labute approximate surface area is 124 Å². The molecule has 1 unspecified atom stereocenters. The Kier molecular flexibility index (Phi) is 5.50. The van der Waals surface area contributed by atoms with Gasteiger partial charge in [0.2, 0.25) is 0 Å². The fourth-order valence-electron chi connectivity index (χ4n) is 1.54. The number of hydrogen-bond donors (Lipinski definition) is 2. The minimum absolute atomic E-state index is 0.0400. The van der Waals surface area contributed by atoms with E-state index in [1.165, 1.54) is 31.0 Å². The molecule has 1 aromatic rings. The Morgan fingerprint density at radius 2 is 2.10 bits per heavy atom. The molecule has 110 valence electrons. The number of carboxylic acids is 1. The molecular weight excluding hydrogens is 331 g/mol. The van der Waals surface area contributed by atoms with Crippen molar-refractivity contribution in [2.24, 2.45) is 5.92 Å². The monoisotopic (exact) mass is 346 g/mol. The SMILES string of the molecule is Cc1cc(NC(=O)N(C)CC(C)C(=O)O)c(F)cc1Br. The van der Waals surface area contributed by atoms with E-state index in [1.54, 1.807) is 6.92 Å². The van der Waals surface area contributed by atoms with Gasteiger partial charge >= 0.3 is 12.0 Å². The molecule has 0 aliphatic heterocycles. The molecule has 0 aliphatic rings. The highest BCUT2D eigenvalue weighted by Crippen LogP contribution is 2.24. The third-order valence-corrected chi connectivity index (χ3v) is 3.66. The molecule has 0 aliphatic carbocycles. The van der Waals surface area contributed by atoms with Crippen molar-refractivity contribution in [3.05, 3.63) is 28.0 Å². The molecule has 5 nitrogen and oxygen atoms in total. The van der Waals surface area contributed by atoms with Crippen molar-refractivity contribution in [3.8, 4) is 0 Å². The van der Waals surface area contributed by atoms with Gasteiger partial charge in [0.25, 0.3) is 0 Å². The standard InChI is InChI=1S/C13H16BrFN2O3/c1-7-4-11(10(15)5-9(7)14)16-13(20)17(3)6-8(2)12(18)19/h4-5,8H,6H2,1-3H3,(H,16,20)(H,18,19). The van der Waals surface area contributed by atoms with Crippen molar-refractivity contribution in [1.82, 2.24) is 4.90 Å². The number of carboxylic acid groups (broad SMARTS) is 1. The van der Waals surface area contributed by atoms with Gasteiger partial charge in [0.05, 0.1) is 11.6 Å². The van der Waals surface area contributed by atoms with Crippen LogP contribution in [0.25, 0.3) is 0 Å². The van der Waals surface area contributed by atoms with Crippen LogP contribution in [0.5, 0.6) is 0 Å². The van der Waals surface area contributed by atoms with E-state index in [9.17, 15) is 14.0 Å². The van der Waals surface area contributed by atoms with Gasteiger partial charge in [-0.25, -0.2) is 9.18 Å². The van der Waals surface area contributed by atoms with E-state index in [0.717, 1.165) is 5.56 Å². The van der Waals surface area contributed by atoms with Crippen LogP contribution in [-0.4, -0.2) is 35.6 Å². The number of urea groups is 1. The first-order valence-electron chi connectivity index (χ1n) is 5.93. The van der Waals surface area contributed by atoms with Crippen LogP contribution in [0.2, 0.25) is 0 Å². The zero-order chi connectivity index (χ0) is 15.4. The van der Waals surface area contributed by atoms with Crippen LogP contribution in [0, 0.1) is 18.7 Å². The van der Waals surface area contributed by atoms with E-state index in [0.29, 0.717) is 4.47 Å². The maximum Gasteiger partial charge on any atom is 0.321 e. The quantitative estimate of drug-likeness (QED) is 0.879. The van der Waals surface area contributed by atoms with Crippen LogP contribution in [0.1, 0.15) is 12.5 Å². The molecule has 0 saturated heterocycles. The molecule has 7 heteroatoms. The lowest BCUT2D eigenvalue weighted by molar-refractivity contribution is -0.141. The largest absolute Gasteiger partial charge is 0.481 e. The first-order chi connectivity index (χ1) is 9.22. The Morgan fingerprint density at radius 1 is 1.50 bits per heavy atom. The molecule has 20 heavy (non-hydrogen) atoms. The topological polar surface area (TPSA) is 69.6 Å². The van der Waals surface area contributed by atoms with Crippen molar-refractivity contribution < 1.29 is 19.1 Å². The maximum atomic E-state index is 13.7. The number of benzene rings is 1. The van der Waals surface area contributed by atoms with Crippen LogP contribution < -0.4 is 5.32 Å². The van der Waals surface area contributed by atoms with Gasteiger partial charge < -0.3 is 15.3 Å². The lowest BCUT2D eigenvalue weighted by Gasteiger charge is -2.20. The number of carbonyl (C=O) groups is 2. The molecule has 0 saturated carbocycles. The molecule has 2 N–H and O–H groups in total. The maximum absolute atomic E-state index is 13.7. The average Bonchev–Trinajstić information content (AvgIpc) is 2.35. The summed E-state index contributed by atoms with van der Waals surface area (Å²) in [4.78, 5) is 23.8. The van der Waals surface area contributed by atoms with Crippen LogP contribution in [-0.2, 0) is 4.79 Å². The summed E-state index contributed by atoms with van der Waals surface area (Å²) in [5.41, 5.74) is 0.841. The molecule has 0 aromatic heterocycles. The summed E-state index contributed by atoms with van der Waals surface area (Å²) in [6.45, 7) is 3.31. The summed E-state index contributed by atoms with van der Waals surface area (Å²) in [6, 6.07) is 2.22. The third-order valence-electron chi connectivity index (χ3n) is 2.81. The van der Waals surface area contributed by atoms with Crippen LogP contribution in [0.3, 0.4) is 0 Å². The number of carbonyl (C=O) groups excluding carboxylic acids is 1. The molecular formula is C13H16BrFN2O3. The van der Waals surface area contributed by atoms with E-state index in [-0.39, 0.29) is 12.2 Å². The van der Waals surface area contributed by atoms with Gasteiger partial charge in [-0.05, 0) is 24.6 Å². The van der Waals surface area contributed by atoms with Crippen LogP contribution in [0.4, 0.5) is 14.9 Å². The van der Waals surface area contributed by atoms with Crippen molar-refractivity contribution >= 4 is 33.6 Å². The van der Waals surface area contributed by atoms with Crippen molar-refractivity contribution in [1.29, 1.82) is 0 Å². The number of hydrogen-bond acceptors (Lipinski definition) is 2. The summed E-state index contributed by atoms with van der Waals surface area (Å²) < 4.78 is 14.3. The smallest absolute Gasteiger partial charge is 0.321 e. The highest BCUT2D eigenvalue weighted by Gasteiger charge is 2.18. The van der Waals surface area contributed by atoms with E-state index >= 15 is 0 Å². The van der Waals surface area contributed by atoms with E-state index in [1.807, 2.05) is 0 Å². The number of rotatable bonds is 4. The van der Waals surface area contributed by atoms with Gasteiger partial charge in [-0.1, -0.05) is 22.9 Å². The van der Waals surface area contributed by atoms with Crippen LogP contribution >= 0.6 is 15.9 Å². The summed E-state index contributed by atoms with van der Waals surface area (Å²) in [5.74, 6) is -2.24. The second kappa shape index (κ2) is 6.69. The summed E-state index contributed by atoms with van der Waals surface area (Å²) >= 11 is 3.20. The predicted octanol–water partition coefficient (Wildman–Crippen LogP) is 3.08. The molecule has 2 amide bonds. The lowest BCUT2D eigenvalue weighted by Crippen LogP contribution is -2.36. The summed E-state index contributed by atoms with van der Waals surface area (Å²) in [7, 11) is 1.46. The Bertz CT molecular complexity index is 537. The first kappa shape index (κ1) is 16.4. The predicted molar refractivity (Wildman–Crippen MR) is 77.3 cm³/mol. The van der Waals surface area contributed by atoms with Crippen LogP contribution in [0.15, 0.2) is 16.6 Å². The number of amides is 2. The van der Waals surface area contributed by atoms with Gasteiger partial charge in [0.15, 0.2) is 0 Å². The Hall–Kier alpha value is -1.63. The highest BCUT2D eigenvalue weighted by atomic mass is 79.9. The number of aliphatic carboxylic acids is 1. The normalized spacial score (nSPS) is 11.8. The molecule has 0 heterocycles. The minimum Gasteiger partial charge on any atom is -0.481 e. The minimum atomic E-state index is -0.990. The van der Waals surface area contributed by atoms with E-state index in [2.05, 4.69) is 21.2 Å². The molecule has 0 radical (unpaired) electrons. The zero-order valence-corrected chi connectivity index (χ0v) is 13.0. The number of anilines is 1. The highest BCUT2D eigenvalue weighted by molar-refractivity contribution is 9.10. The molecule has 1 aromatic carbocycles. The van der Waals surface area contributed by atoms with Gasteiger partial charge in [0.1, 0.15) is 5.82 Å². The molecule has 1 rings (SSSR count). The van der Waals surface area contributed by atoms with Gasteiger partial charge in [0, 0.05) is 18.1 Å². The Morgan fingerprint density at radius 3 is 2.65 bits per heavy atom. The molecule has 0 bridgehead atoms. The fraction of sp³-hybridized carbons (Fsp3) is 0.385. The Balaban J connectivity index is 2.76. The molecule has 1 atom stereocenters. The van der Waals surface area contributed by atoms with Gasteiger partial charge in [-0.2, -0.15) is 0 Å². The fourth-order valence-corrected chi connectivity index (χ4v) is 1.85. The number of halogens is 2. The number of aryl methyl sites for hydroxylation is 1. The van der Waals surface area contributed by atoms with Gasteiger partial charge in [-0.15, -0.1) is 0 Å². The molecule has 0 spiro atoms. The second-order valence-electron chi connectivity index (χ2n) is 4.63. The van der Waals surface area contributed by atoms with Crippen molar-refractivity contribution in [2.75, 3.05) is 18.9 Å². The van der Waals surface area contributed by atoms with Crippen molar-refractivity contribution in [3.63, 3.8) is 0 Å². The van der Waals surface area contributed by atoms with Gasteiger partial charge in [-0.3, -0.25) is 4.79 Å². The summed E-state index contributed by atoms with van der Waals surface area (Å²) in [6.07, 6.45) is 0. The molecule has 0 fully saturated rings. The lowest BCUT2D eigenvalue weighted by atomic mass is 10.2.